The molecule has 146 valence electrons. The number of pyridine rings is 1. The van der Waals surface area contributed by atoms with E-state index < -0.39 is 0 Å². The molecule has 1 aromatic heterocycles. The van der Waals surface area contributed by atoms with Gasteiger partial charge in [-0.1, -0.05) is 57.8 Å². The molecule has 0 aliphatic carbocycles. The Labute approximate surface area is 180 Å². The average molecular weight is 507 g/mol. The van der Waals surface area contributed by atoms with Crippen molar-refractivity contribution in [3.8, 4) is 0 Å². The molecule has 7 heteroatoms. The molecule has 3 rings (SSSR count). The Morgan fingerprint density at radius 2 is 1.25 bits per heavy atom. The van der Waals surface area contributed by atoms with E-state index in [2.05, 4.69) is 42.5 Å². The number of alkyl halides is 2. The van der Waals surface area contributed by atoms with Crippen molar-refractivity contribution >= 4 is 76.9 Å². The molecule has 5 nitrogen and oxygen atoms in total. The summed E-state index contributed by atoms with van der Waals surface area (Å²) in [4.78, 5) is 28.5. The van der Waals surface area contributed by atoms with Crippen LogP contribution in [0.25, 0.3) is 21.8 Å². The minimum absolute atomic E-state index is 0.0760. The maximum atomic E-state index is 12.1. The van der Waals surface area contributed by atoms with Crippen LogP contribution in [0.5, 0.6) is 0 Å². The highest BCUT2D eigenvalue weighted by Crippen LogP contribution is 2.25. The molecule has 2 aromatic carbocycles. The first-order valence-corrected chi connectivity index (χ1v) is 11.0. The zero-order valence-electron chi connectivity index (χ0n) is 15.6. The van der Waals surface area contributed by atoms with Crippen molar-refractivity contribution in [3.05, 3.63) is 42.5 Å². The Balaban J connectivity index is 1.91. The number of benzene rings is 2. The van der Waals surface area contributed by atoms with Crippen LogP contribution in [-0.4, -0.2) is 26.5 Å². The summed E-state index contributed by atoms with van der Waals surface area (Å²) in [6.45, 7) is 3.89. The first kappa shape index (κ1) is 20.7. The third-order valence-electron chi connectivity index (χ3n) is 4.43. The average Bonchev–Trinajstić information content (AvgIpc) is 2.70. The highest BCUT2D eigenvalue weighted by atomic mass is 79.9. The number of amides is 2. The van der Waals surface area contributed by atoms with Crippen LogP contribution < -0.4 is 10.6 Å². The molecule has 1 heterocycles. The molecule has 0 spiro atoms. The third kappa shape index (κ3) is 4.70. The summed E-state index contributed by atoms with van der Waals surface area (Å²) in [5, 5.41) is 7.77. The number of carbonyl (C=O) groups is 2. The highest BCUT2D eigenvalue weighted by Gasteiger charge is 2.14. The number of hydrogen-bond donors (Lipinski definition) is 2. The molecule has 2 amide bonds. The summed E-state index contributed by atoms with van der Waals surface area (Å²) < 4.78 is 0. The summed E-state index contributed by atoms with van der Waals surface area (Å²) in [6, 6.07) is 13.4. The number of halogens is 2. The van der Waals surface area contributed by atoms with E-state index in [1.54, 1.807) is 0 Å². The maximum Gasteiger partial charge on any atom is 0.238 e. The maximum absolute atomic E-state index is 12.1. The lowest BCUT2D eigenvalue weighted by molar-refractivity contribution is -0.116. The van der Waals surface area contributed by atoms with Crippen molar-refractivity contribution in [1.29, 1.82) is 0 Å². The topological polar surface area (TPSA) is 71.1 Å². The molecule has 2 atom stereocenters. The van der Waals surface area contributed by atoms with Crippen LogP contribution in [0.3, 0.4) is 0 Å². The molecule has 0 bridgehead atoms. The number of hydrogen-bond acceptors (Lipinski definition) is 3. The van der Waals surface area contributed by atoms with Crippen LogP contribution in [0.1, 0.15) is 26.7 Å². The summed E-state index contributed by atoms with van der Waals surface area (Å²) in [5.41, 5.74) is 2.97. The second kappa shape index (κ2) is 9.01. The Kier molecular flexibility index (Phi) is 6.67. The van der Waals surface area contributed by atoms with Crippen LogP contribution in [0.15, 0.2) is 42.5 Å². The second-order valence-corrected chi connectivity index (χ2v) is 8.74. The molecule has 0 radical (unpaired) electrons. The van der Waals surface area contributed by atoms with Gasteiger partial charge in [-0.25, -0.2) is 4.98 Å². The predicted molar refractivity (Wildman–Crippen MR) is 123 cm³/mol. The van der Waals surface area contributed by atoms with Gasteiger partial charge in [0.1, 0.15) is 0 Å². The van der Waals surface area contributed by atoms with Crippen LogP contribution in [0, 0.1) is 0 Å². The number of fused-ring (bicyclic) bond motifs is 2. The lowest BCUT2D eigenvalue weighted by atomic mass is 10.1. The molecule has 0 saturated heterocycles. The molecule has 0 aliphatic heterocycles. The second-order valence-electron chi connectivity index (χ2n) is 6.53. The van der Waals surface area contributed by atoms with Crippen LogP contribution >= 0.6 is 31.9 Å². The number of anilines is 2. The van der Waals surface area contributed by atoms with E-state index in [1.165, 1.54) is 0 Å². The smallest absolute Gasteiger partial charge is 0.238 e. The van der Waals surface area contributed by atoms with Crippen molar-refractivity contribution in [3.63, 3.8) is 0 Å². The number of aromatic nitrogens is 1. The molecule has 28 heavy (non-hydrogen) atoms. The summed E-state index contributed by atoms with van der Waals surface area (Å²) in [7, 11) is 0. The van der Waals surface area contributed by atoms with E-state index in [0.717, 1.165) is 21.8 Å². The van der Waals surface area contributed by atoms with Gasteiger partial charge in [-0.3, -0.25) is 9.59 Å². The van der Waals surface area contributed by atoms with Crippen molar-refractivity contribution in [2.24, 2.45) is 0 Å². The predicted octanol–water partition coefficient (Wildman–Crippen LogP) is 5.61. The van der Waals surface area contributed by atoms with Gasteiger partial charge in [-0.2, -0.15) is 0 Å². The summed E-state index contributed by atoms with van der Waals surface area (Å²) in [5.74, 6) is -0.152. The van der Waals surface area contributed by atoms with E-state index in [4.69, 9.17) is 4.98 Å². The lowest BCUT2D eigenvalue weighted by Gasteiger charge is -2.11. The fourth-order valence-electron chi connectivity index (χ4n) is 2.79. The standard InChI is InChI=1S/C21H21Br2N3O2/c1-3-16(22)20(27)24-14-7-5-12-9-13-6-8-15(25-21(28)17(23)4-2)11-19(13)26-18(12)10-14/h5-11,16-17H,3-4H2,1-2H3,(H,24,27)(H,25,28). The molecule has 3 aromatic rings. The lowest BCUT2D eigenvalue weighted by Crippen LogP contribution is -2.22. The molecule has 0 fully saturated rings. The van der Waals surface area contributed by atoms with Gasteiger partial charge < -0.3 is 10.6 Å². The van der Waals surface area contributed by atoms with Gasteiger partial charge in [0.15, 0.2) is 0 Å². The van der Waals surface area contributed by atoms with Gasteiger partial charge in [-0.15, -0.1) is 0 Å². The van der Waals surface area contributed by atoms with Gasteiger partial charge in [0.2, 0.25) is 11.8 Å². The number of nitrogens with one attached hydrogen (secondary N) is 2. The molecular formula is C21H21Br2N3O2. The normalized spacial score (nSPS) is 13.3. The van der Waals surface area contributed by atoms with Gasteiger partial charge in [0.25, 0.3) is 0 Å². The number of carbonyl (C=O) groups excluding carboxylic acids is 2. The fourth-order valence-corrected chi connectivity index (χ4v) is 3.02. The zero-order chi connectivity index (χ0) is 20.3. The van der Waals surface area contributed by atoms with E-state index in [9.17, 15) is 9.59 Å². The first-order chi connectivity index (χ1) is 13.4. The Morgan fingerprint density at radius 1 is 0.821 bits per heavy atom. The van der Waals surface area contributed by atoms with Crippen molar-refractivity contribution in [2.45, 2.75) is 36.3 Å². The van der Waals surface area contributed by atoms with E-state index in [1.807, 2.05) is 56.3 Å². The number of nitrogens with zero attached hydrogens (tertiary/aromatic N) is 1. The van der Waals surface area contributed by atoms with Crippen molar-refractivity contribution < 1.29 is 9.59 Å². The molecule has 2 N–H and O–H groups in total. The number of rotatable bonds is 6. The summed E-state index contributed by atoms with van der Waals surface area (Å²) in [6.07, 6.45) is 1.42. The van der Waals surface area contributed by atoms with Crippen LogP contribution in [0.4, 0.5) is 11.4 Å². The zero-order valence-corrected chi connectivity index (χ0v) is 18.8. The highest BCUT2D eigenvalue weighted by molar-refractivity contribution is 9.10. The van der Waals surface area contributed by atoms with E-state index in [-0.39, 0.29) is 21.5 Å². The largest absolute Gasteiger partial charge is 0.325 e. The quantitative estimate of drug-likeness (QED) is 0.337. The van der Waals surface area contributed by atoms with Crippen molar-refractivity contribution in [1.82, 2.24) is 4.98 Å². The molecule has 0 aliphatic rings. The van der Waals surface area contributed by atoms with E-state index in [0.29, 0.717) is 24.2 Å². The SMILES string of the molecule is CCC(Br)C(=O)Nc1ccc2cc3ccc(NC(=O)C(Br)CC)cc3nc2c1. The Morgan fingerprint density at radius 3 is 1.64 bits per heavy atom. The van der Waals surface area contributed by atoms with Gasteiger partial charge in [-0.05, 0) is 43.2 Å². The van der Waals surface area contributed by atoms with Gasteiger partial charge in [0.05, 0.1) is 20.7 Å². The first-order valence-electron chi connectivity index (χ1n) is 9.15. The van der Waals surface area contributed by atoms with Gasteiger partial charge in [0, 0.05) is 22.1 Å². The fraction of sp³-hybridized carbons (Fsp3) is 0.286. The monoisotopic (exact) mass is 505 g/mol. The van der Waals surface area contributed by atoms with Crippen LogP contribution in [-0.2, 0) is 9.59 Å². The molecule has 2 unspecified atom stereocenters. The third-order valence-corrected chi connectivity index (χ3v) is 6.56. The minimum Gasteiger partial charge on any atom is -0.325 e. The minimum atomic E-state index is -0.222. The Bertz CT molecular complexity index is 960. The van der Waals surface area contributed by atoms with Gasteiger partial charge >= 0.3 is 0 Å². The molecule has 0 saturated carbocycles. The van der Waals surface area contributed by atoms with Crippen LogP contribution in [0.2, 0.25) is 0 Å². The molecular weight excluding hydrogens is 486 g/mol. The van der Waals surface area contributed by atoms with E-state index >= 15 is 0 Å². The summed E-state index contributed by atoms with van der Waals surface area (Å²) >= 11 is 6.72. The van der Waals surface area contributed by atoms with Crippen molar-refractivity contribution in [2.75, 3.05) is 10.6 Å². The Hall–Kier alpha value is -1.99.